The summed E-state index contributed by atoms with van der Waals surface area (Å²) in [6, 6.07) is -2.68. The summed E-state index contributed by atoms with van der Waals surface area (Å²) in [4.78, 5) is 66.7. The number of primary amides is 1. The number of rotatable bonds is 8. The minimum Gasteiger partial charge on any atom is -0.444 e. The molecule has 39 heavy (non-hydrogen) atoms. The number of fused-ring (bicyclic) bond motifs is 3. The molecule has 4 rings (SSSR count). The van der Waals surface area contributed by atoms with Gasteiger partial charge < -0.3 is 26.0 Å². The maximum absolute atomic E-state index is 14.1. The van der Waals surface area contributed by atoms with Crippen molar-refractivity contribution in [2.75, 3.05) is 6.54 Å². The Kier molecular flexibility index (Phi) is 7.82. The van der Waals surface area contributed by atoms with E-state index in [0.29, 0.717) is 13.0 Å². The molecule has 10 nitrogen and oxygen atoms in total. The molecule has 1 saturated heterocycles. The monoisotopic (exact) mass is 546 g/mol. The summed E-state index contributed by atoms with van der Waals surface area (Å²) in [5.74, 6) is -2.15. The molecule has 1 spiro atoms. The molecular formula is C29H46N4O6. The fourth-order valence-electron chi connectivity index (χ4n) is 7.19. The van der Waals surface area contributed by atoms with Crippen molar-refractivity contribution in [2.24, 2.45) is 34.3 Å². The third-order valence-electron chi connectivity index (χ3n) is 9.33. The molecule has 1 heterocycles. The van der Waals surface area contributed by atoms with Crippen LogP contribution in [0.2, 0.25) is 0 Å². The number of amides is 4. The second kappa shape index (κ2) is 10.4. The van der Waals surface area contributed by atoms with Gasteiger partial charge in [-0.05, 0) is 68.6 Å². The average molecular weight is 547 g/mol. The minimum atomic E-state index is -1.06. The van der Waals surface area contributed by atoms with E-state index in [0.717, 1.165) is 44.9 Å². The van der Waals surface area contributed by atoms with Gasteiger partial charge in [-0.2, -0.15) is 0 Å². The first kappa shape index (κ1) is 29.3. The van der Waals surface area contributed by atoms with E-state index < -0.39 is 52.8 Å². The van der Waals surface area contributed by atoms with Crippen LogP contribution in [0.5, 0.6) is 0 Å². The number of alkyl carbamates (subject to hydrolysis) is 1. The summed E-state index contributed by atoms with van der Waals surface area (Å²) in [6.07, 6.45) is 6.89. The third kappa shape index (κ3) is 5.94. The number of likely N-dealkylation sites (tertiary alicyclic amines) is 1. The predicted octanol–water partition coefficient (Wildman–Crippen LogP) is 2.67. The van der Waals surface area contributed by atoms with Gasteiger partial charge in [0.05, 0.1) is 6.04 Å². The lowest BCUT2D eigenvalue weighted by Gasteiger charge is -2.38. The van der Waals surface area contributed by atoms with Crippen molar-refractivity contribution in [3.05, 3.63) is 0 Å². The van der Waals surface area contributed by atoms with Gasteiger partial charge in [0.15, 0.2) is 0 Å². The normalized spacial score (nSPS) is 27.2. The van der Waals surface area contributed by atoms with Gasteiger partial charge in [-0.15, -0.1) is 0 Å². The number of nitrogens with one attached hydrogen (secondary N) is 2. The highest BCUT2D eigenvalue weighted by atomic mass is 16.6. The Balaban J connectivity index is 1.58. The van der Waals surface area contributed by atoms with Gasteiger partial charge in [-0.1, -0.05) is 52.9 Å². The number of carbonyl (C=O) groups excluding carboxylic acids is 5. The molecule has 0 aromatic rings. The lowest BCUT2D eigenvalue weighted by atomic mass is 9.80. The van der Waals surface area contributed by atoms with Gasteiger partial charge in [0.1, 0.15) is 17.7 Å². The smallest absolute Gasteiger partial charge is 0.408 e. The van der Waals surface area contributed by atoms with E-state index in [-0.39, 0.29) is 29.1 Å². The molecule has 0 aromatic carbocycles. The SMILES string of the molecule is CC(C)(C)OC(=O)N[C@H](C(=O)N1C[C@H]2[C@@H]([C@H]1C(=O)NC(CC1CCC1)C(=O)C(N)=O)C21CCCC1)C(C)(C)C. The van der Waals surface area contributed by atoms with Gasteiger partial charge in [-0.3, -0.25) is 19.2 Å². The van der Waals surface area contributed by atoms with Crippen LogP contribution in [-0.4, -0.2) is 64.8 Å². The minimum absolute atomic E-state index is 0.000807. The van der Waals surface area contributed by atoms with Gasteiger partial charge in [-0.25, -0.2) is 4.79 Å². The van der Waals surface area contributed by atoms with Crippen molar-refractivity contribution in [1.82, 2.24) is 15.5 Å². The molecule has 1 aliphatic heterocycles. The number of carbonyl (C=O) groups is 5. The van der Waals surface area contributed by atoms with Crippen molar-refractivity contribution in [3.63, 3.8) is 0 Å². The average Bonchev–Trinajstić information content (AvgIpc) is 3.12. The molecule has 0 radical (unpaired) electrons. The summed E-state index contributed by atoms with van der Waals surface area (Å²) in [6.45, 7) is 11.3. The molecule has 4 fully saturated rings. The Morgan fingerprint density at radius 2 is 1.59 bits per heavy atom. The van der Waals surface area contributed by atoms with Crippen LogP contribution in [0.1, 0.15) is 92.9 Å². The zero-order valence-electron chi connectivity index (χ0n) is 24.3. The van der Waals surface area contributed by atoms with Crippen LogP contribution >= 0.6 is 0 Å². The number of ether oxygens (including phenoxy) is 1. The number of piperidine rings is 1. The summed E-state index contributed by atoms with van der Waals surface area (Å²) in [5.41, 5.74) is 3.99. The zero-order valence-corrected chi connectivity index (χ0v) is 24.3. The van der Waals surface area contributed by atoms with Crippen molar-refractivity contribution in [2.45, 2.75) is 117 Å². The Morgan fingerprint density at radius 3 is 2.08 bits per heavy atom. The van der Waals surface area contributed by atoms with Crippen molar-refractivity contribution < 1.29 is 28.7 Å². The van der Waals surface area contributed by atoms with E-state index in [9.17, 15) is 24.0 Å². The molecule has 1 unspecified atom stereocenters. The Labute approximate surface area is 231 Å². The van der Waals surface area contributed by atoms with Gasteiger partial charge in [0.2, 0.25) is 17.6 Å². The largest absolute Gasteiger partial charge is 0.444 e. The number of nitrogens with zero attached hydrogens (tertiary/aromatic N) is 1. The van der Waals surface area contributed by atoms with Crippen LogP contribution in [0.25, 0.3) is 0 Å². The summed E-state index contributed by atoms with van der Waals surface area (Å²) in [7, 11) is 0. The van der Waals surface area contributed by atoms with Crippen LogP contribution in [0, 0.1) is 28.6 Å². The van der Waals surface area contributed by atoms with E-state index in [2.05, 4.69) is 10.6 Å². The second-order valence-electron chi connectivity index (χ2n) is 14.3. The first-order valence-corrected chi connectivity index (χ1v) is 14.5. The van der Waals surface area contributed by atoms with Crippen molar-refractivity contribution in [1.29, 1.82) is 0 Å². The van der Waals surface area contributed by atoms with Crippen LogP contribution in [0.15, 0.2) is 0 Å². The number of hydrogen-bond acceptors (Lipinski definition) is 6. The van der Waals surface area contributed by atoms with Gasteiger partial charge in [0.25, 0.3) is 5.91 Å². The quantitative estimate of drug-likeness (QED) is 0.399. The van der Waals surface area contributed by atoms with E-state index in [1.807, 2.05) is 20.8 Å². The van der Waals surface area contributed by atoms with Crippen molar-refractivity contribution in [3.8, 4) is 0 Å². The lowest BCUT2D eigenvalue weighted by Crippen LogP contribution is -2.61. The fraction of sp³-hybridized carbons (Fsp3) is 0.828. The highest BCUT2D eigenvalue weighted by Crippen LogP contribution is 2.72. The molecule has 0 aromatic heterocycles. The van der Waals surface area contributed by atoms with E-state index in [1.54, 1.807) is 25.7 Å². The second-order valence-corrected chi connectivity index (χ2v) is 14.3. The molecule has 0 bridgehead atoms. The number of Topliss-reactive ketones (excluding diaryl/α,β-unsaturated/α-hetero) is 1. The summed E-state index contributed by atoms with van der Waals surface area (Å²) < 4.78 is 5.43. The van der Waals surface area contributed by atoms with Gasteiger partial charge in [0, 0.05) is 6.54 Å². The molecule has 10 heteroatoms. The van der Waals surface area contributed by atoms with E-state index in [4.69, 9.17) is 10.5 Å². The van der Waals surface area contributed by atoms with Crippen LogP contribution in [0.4, 0.5) is 4.79 Å². The van der Waals surface area contributed by atoms with E-state index in [1.165, 1.54) is 0 Å². The summed E-state index contributed by atoms with van der Waals surface area (Å²) in [5, 5.41) is 5.60. The molecule has 4 aliphatic rings. The van der Waals surface area contributed by atoms with Crippen LogP contribution in [0.3, 0.4) is 0 Å². The molecule has 3 aliphatic carbocycles. The molecule has 4 amide bonds. The maximum atomic E-state index is 14.1. The molecule has 3 saturated carbocycles. The van der Waals surface area contributed by atoms with Crippen molar-refractivity contribution >= 4 is 29.6 Å². The first-order valence-electron chi connectivity index (χ1n) is 14.5. The molecule has 4 N–H and O–H groups in total. The maximum Gasteiger partial charge on any atom is 0.408 e. The lowest BCUT2D eigenvalue weighted by molar-refractivity contribution is -0.145. The molecular weight excluding hydrogens is 500 g/mol. The molecule has 5 atom stereocenters. The number of ketones is 1. The third-order valence-corrected chi connectivity index (χ3v) is 9.33. The standard InChI is InChI=1S/C29H46N4O6/c1-27(2,3)22(32-26(38)39-28(4,5)6)25(37)33-15-17-19(29(17)12-7-8-13-29)20(33)24(36)31-18(21(34)23(30)35)14-16-10-9-11-16/h16-20,22H,7-15H2,1-6H3,(H2,30,35)(H,31,36)(H,32,38)/t17-,18?,19-,20-,22+/m0/s1. The number of hydrogen-bond donors (Lipinski definition) is 3. The Hall–Kier alpha value is -2.65. The van der Waals surface area contributed by atoms with Crippen LogP contribution in [-0.2, 0) is 23.9 Å². The Bertz CT molecular complexity index is 1020. The van der Waals surface area contributed by atoms with E-state index >= 15 is 0 Å². The number of nitrogens with two attached hydrogens (primary N) is 1. The van der Waals surface area contributed by atoms with Gasteiger partial charge >= 0.3 is 6.09 Å². The highest BCUT2D eigenvalue weighted by molar-refractivity contribution is 6.37. The zero-order chi connectivity index (χ0) is 28.9. The van der Waals surface area contributed by atoms with Crippen LogP contribution < -0.4 is 16.4 Å². The molecule has 218 valence electrons. The first-order chi connectivity index (χ1) is 18.0. The highest BCUT2D eigenvalue weighted by Gasteiger charge is 2.74. The Morgan fingerprint density at radius 1 is 0.974 bits per heavy atom. The summed E-state index contributed by atoms with van der Waals surface area (Å²) >= 11 is 0. The fourth-order valence-corrected chi connectivity index (χ4v) is 7.19. The predicted molar refractivity (Wildman–Crippen MR) is 144 cm³/mol. The topological polar surface area (TPSA) is 148 Å².